The molecule has 2 aromatic heterocycles. The van der Waals surface area contributed by atoms with Crippen LogP contribution in [0.3, 0.4) is 0 Å². The average molecular weight is 460 g/mol. The van der Waals surface area contributed by atoms with Gasteiger partial charge in [-0.1, -0.05) is 6.42 Å². The van der Waals surface area contributed by atoms with Crippen LogP contribution in [0.1, 0.15) is 62.8 Å². The molecule has 0 saturated heterocycles. The number of anilines is 3. The van der Waals surface area contributed by atoms with E-state index >= 15 is 0 Å². The number of aromatic nitrogens is 4. The molecule has 3 aliphatic carbocycles. The second-order valence-electron chi connectivity index (χ2n) is 10.2. The summed E-state index contributed by atoms with van der Waals surface area (Å²) < 4.78 is 2.07. The molecule has 0 atom stereocenters. The van der Waals surface area contributed by atoms with Crippen molar-refractivity contribution in [3.63, 3.8) is 0 Å². The molecule has 34 heavy (non-hydrogen) atoms. The first kappa shape index (κ1) is 21.4. The van der Waals surface area contributed by atoms with E-state index < -0.39 is 0 Å². The third-order valence-corrected chi connectivity index (χ3v) is 7.21. The zero-order valence-electron chi connectivity index (χ0n) is 19.6. The number of rotatable bonds is 11. The molecular formula is C26H33N7O. The summed E-state index contributed by atoms with van der Waals surface area (Å²) in [6.45, 7) is 2.48. The molecule has 3 N–H and O–H groups in total. The molecule has 2 heterocycles. The van der Waals surface area contributed by atoms with E-state index in [1.807, 2.05) is 6.20 Å². The van der Waals surface area contributed by atoms with Crippen LogP contribution in [-0.4, -0.2) is 38.7 Å². The molecule has 3 fully saturated rings. The fourth-order valence-corrected chi connectivity index (χ4v) is 4.54. The van der Waals surface area contributed by atoms with E-state index in [1.54, 1.807) is 0 Å². The Kier molecular flexibility index (Phi) is 5.81. The lowest BCUT2D eigenvalue weighted by molar-refractivity contribution is -0.127. The van der Waals surface area contributed by atoms with Crippen LogP contribution in [0, 0.1) is 11.8 Å². The molecule has 6 rings (SSSR count). The van der Waals surface area contributed by atoms with Crippen LogP contribution in [0.4, 0.5) is 17.5 Å². The smallest absolute Gasteiger partial charge is 0.229 e. The van der Waals surface area contributed by atoms with Crippen molar-refractivity contribution in [2.45, 2.75) is 63.8 Å². The summed E-state index contributed by atoms with van der Waals surface area (Å²) in [5.74, 6) is 3.31. The predicted octanol–water partition coefficient (Wildman–Crippen LogP) is 4.58. The highest BCUT2D eigenvalue weighted by atomic mass is 16.1. The normalized spacial score (nSPS) is 18.0. The number of benzene rings is 1. The highest BCUT2D eigenvalue weighted by molar-refractivity contribution is 5.82. The SMILES string of the molecule is O=C(NCCCNc1nc(Nc2ccc3cn(CC4CC4)nc3c2)ncc1C1CC1)C1CCC1. The van der Waals surface area contributed by atoms with Crippen LogP contribution in [0.25, 0.3) is 10.9 Å². The van der Waals surface area contributed by atoms with E-state index in [0.717, 1.165) is 60.7 Å². The van der Waals surface area contributed by atoms with Crippen LogP contribution < -0.4 is 16.0 Å². The summed E-state index contributed by atoms with van der Waals surface area (Å²) in [6, 6.07) is 6.22. The molecule has 1 amide bonds. The first-order valence-corrected chi connectivity index (χ1v) is 12.8. The first-order chi connectivity index (χ1) is 16.7. The highest BCUT2D eigenvalue weighted by Crippen LogP contribution is 2.43. The van der Waals surface area contributed by atoms with Gasteiger partial charge >= 0.3 is 0 Å². The summed E-state index contributed by atoms with van der Waals surface area (Å²) >= 11 is 0. The number of hydrogen-bond donors (Lipinski definition) is 3. The largest absolute Gasteiger partial charge is 0.370 e. The lowest BCUT2D eigenvalue weighted by atomic mass is 9.85. The number of carbonyl (C=O) groups is 1. The second-order valence-corrected chi connectivity index (χ2v) is 10.2. The maximum atomic E-state index is 12.0. The van der Waals surface area contributed by atoms with Gasteiger partial charge < -0.3 is 16.0 Å². The second kappa shape index (κ2) is 9.24. The Morgan fingerprint density at radius 3 is 2.74 bits per heavy atom. The van der Waals surface area contributed by atoms with Gasteiger partial charge in [0.1, 0.15) is 5.82 Å². The van der Waals surface area contributed by atoms with Gasteiger partial charge in [-0.05, 0) is 75.0 Å². The number of nitrogens with zero attached hydrogens (tertiary/aromatic N) is 4. The van der Waals surface area contributed by atoms with E-state index in [2.05, 4.69) is 50.0 Å². The molecule has 0 unspecified atom stereocenters. The number of amides is 1. The molecule has 0 spiro atoms. The van der Waals surface area contributed by atoms with Gasteiger partial charge in [0.15, 0.2) is 0 Å². The summed E-state index contributed by atoms with van der Waals surface area (Å²) in [6.07, 6.45) is 13.3. The number of carbonyl (C=O) groups excluding carboxylic acids is 1. The van der Waals surface area contributed by atoms with Crippen molar-refractivity contribution in [3.8, 4) is 0 Å². The van der Waals surface area contributed by atoms with Crippen LogP contribution in [-0.2, 0) is 11.3 Å². The Morgan fingerprint density at radius 1 is 1.09 bits per heavy atom. The molecule has 0 bridgehead atoms. The molecular weight excluding hydrogens is 426 g/mol. The molecule has 3 aromatic rings. The molecule has 3 saturated carbocycles. The summed E-state index contributed by atoms with van der Waals surface area (Å²) in [4.78, 5) is 21.4. The Morgan fingerprint density at radius 2 is 1.97 bits per heavy atom. The standard InChI is InChI=1S/C26H33N7O/c34-25(19-3-1-4-19)28-12-2-11-27-24-22(18-7-8-18)14-29-26(31-24)30-21-10-9-20-16-33(15-17-5-6-17)32-23(20)13-21/h9-10,13-14,16-19H,1-8,11-12,15H2,(H,28,34)(H2,27,29,30,31). The van der Waals surface area contributed by atoms with E-state index in [1.165, 1.54) is 37.7 Å². The zero-order chi connectivity index (χ0) is 22.9. The zero-order valence-corrected chi connectivity index (χ0v) is 19.6. The van der Waals surface area contributed by atoms with Crippen molar-refractivity contribution in [1.82, 2.24) is 25.1 Å². The maximum Gasteiger partial charge on any atom is 0.229 e. The monoisotopic (exact) mass is 459 g/mol. The molecule has 8 heteroatoms. The summed E-state index contributed by atoms with van der Waals surface area (Å²) in [7, 11) is 0. The van der Waals surface area contributed by atoms with Crippen LogP contribution in [0.2, 0.25) is 0 Å². The fraction of sp³-hybridized carbons (Fsp3) is 0.538. The molecule has 0 radical (unpaired) electrons. The topological polar surface area (TPSA) is 96.8 Å². The number of nitrogens with one attached hydrogen (secondary N) is 3. The van der Waals surface area contributed by atoms with Crippen molar-refractivity contribution >= 4 is 34.3 Å². The van der Waals surface area contributed by atoms with Gasteiger partial charge in [0.2, 0.25) is 11.9 Å². The lowest BCUT2D eigenvalue weighted by Crippen LogP contribution is -2.35. The predicted molar refractivity (Wildman–Crippen MR) is 133 cm³/mol. The first-order valence-electron chi connectivity index (χ1n) is 12.8. The maximum absolute atomic E-state index is 12.0. The average Bonchev–Trinajstić information content (AvgIpc) is 3.71. The van der Waals surface area contributed by atoms with Crippen molar-refractivity contribution in [2.75, 3.05) is 23.7 Å². The van der Waals surface area contributed by atoms with E-state index in [4.69, 9.17) is 10.1 Å². The quantitative estimate of drug-likeness (QED) is 0.363. The van der Waals surface area contributed by atoms with E-state index in [0.29, 0.717) is 18.4 Å². The Hall–Kier alpha value is -3.16. The highest BCUT2D eigenvalue weighted by Gasteiger charge is 2.28. The summed E-state index contributed by atoms with van der Waals surface area (Å²) in [5, 5.41) is 15.8. The van der Waals surface area contributed by atoms with Crippen LogP contribution >= 0.6 is 0 Å². The van der Waals surface area contributed by atoms with Crippen molar-refractivity contribution < 1.29 is 4.79 Å². The molecule has 3 aliphatic rings. The molecule has 178 valence electrons. The van der Waals surface area contributed by atoms with Crippen molar-refractivity contribution in [1.29, 1.82) is 0 Å². The van der Waals surface area contributed by atoms with Gasteiger partial charge in [0.25, 0.3) is 0 Å². The van der Waals surface area contributed by atoms with Crippen molar-refractivity contribution in [2.24, 2.45) is 11.8 Å². The minimum Gasteiger partial charge on any atom is -0.370 e. The minimum absolute atomic E-state index is 0.216. The van der Waals surface area contributed by atoms with Gasteiger partial charge in [-0.15, -0.1) is 0 Å². The summed E-state index contributed by atoms with van der Waals surface area (Å²) in [5.41, 5.74) is 3.12. The number of fused-ring (bicyclic) bond motifs is 1. The lowest BCUT2D eigenvalue weighted by Gasteiger charge is -2.24. The Labute approximate surface area is 199 Å². The third kappa shape index (κ3) is 5.00. The van der Waals surface area contributed by atoms with Crippen LogP contribution in [0.15, 0.2) is 30.6 Å². The van der Waals surface area contributed by atoms with Crippen molar-refractivity contribution in [3.05, 3.63) is 36.2 Å². The van der Waals surface area contributed by atoms with Gasteiger partial charge in [0, 0.05) is 54.6 Å². The van der Waals surface area contributed by atoms with Gasteiger partial charge in [-0.3, -0.25) is 9.48 Å². The molecule has 1 aromatic carbocycles. The van der Waals surface area contributed by atoms with E-state index in [9.17, 15) is 4.79 Å². The Bertz CT molecular complexity index is 1180. The minimum atomic E-state index is 0.216. The van der Waals surface area contributed by atoms with Gasteiger partial charge in [0.05, 0.1) is 5.52 Å². The molecule has 0 aliphatic heterocycles. The Balaban J connectivity index is 1.08. The third-order valence-electron chi connectivity index (χ3n) is 7.21. The number of hydrogen-bond acceptors (Lipinski definition) is 6. The van der Waals surface area contributed by atoms with Gasteiger partial charge in [-0.25, -0.2) is 4.98 Å². The van der Waals surface area contributed by atoms with E-state index in [-0.39, 0.29) is 11.8 Å². The van der Waals surface area contributed by atoms with Gasteiger partial charge in [-0.2, -0.15) is 10.1 Å². The fourth-order valence-electron chi connectivity index (χ4n) is 4.54. The molecule has 8 nitrogen and oxygen atoms in total. The van der Waals surface area contributed by atoms with Crippen LogP contribution in [0.5, 0.6) is 0 Å².